The Hall–Kier alpha value is -3.01. The molecule has 160 valence electrons. The summed E-state index contributed by atoms with van der Waals surface area (Å²) < 4.78 is 2.33. The molecule has 0 spiro atoms. The first-order valence-electron chi connectivity index (χ1n) is 10.7. The van der Waals surface area contributed by atoms with Crippen LogP contribution < -0.4 is 0 Å². The molecule has 0 radical (unpaired) electrons. The number of hydrogen-bond acceptors (Lipinski definition) is 2. The van der Waals surface area contributed by atoms with Crippen LogP contribution in [0, 0.1) is 0 Å². The van der Waals surface area contributed by atoms with Crippen molar-refractivity contribution in [1.82, 2.24) is 4.57 Å². The molecule has 3 nitrogen and oxygen atoms in total. The number of fused-ring (bicyclic) bond motifs is 1. The monoisotopic (exact) mass is 460 g/mol. The fourth-order valence-electron chi connectivity index (χ4n) is 4.17. The minimum Gasteiger partial charge on any atom is -0.391 e. The molecule has 1 heterocycles. The van der Waals surface area contributed by atoms with Gasteiger partial charge in [-0.05, 0) is 72.9 Å². The largest absolute Gasteiger partial charge is 0.391 e. The zero-order valence-corrected chi connectivity index (χ0v) is 19.0. The zero-order valence-electron chi connectivity index (χ0n) is 17.5. The number of benzene rings is 3. The molecule has 5 heteroatoms. The summed E-state index contributed by atoms with van der Waals surface area (Å²) in [6.45, 7) is 0.416. The molecule has 0 unspecified atom stereocenters. The second kappa shape index (κ2) is 9.23. The highest BCUT2D eigenvalue weighted by molar-refractivity contribution is 6.30. The van der Waals surface area contributed by atoms with Crippen LogP contribution in [0.5, 0.6) is 0 Å². The van der Waals surface area contributed by atoms with E-state index in [1.807, 2.05) is 42.5 Å². The van der Waals surface area contributed by atoms with Crippen molar-refractivity contribution in [2.45, 2.75) is 25.9 Å². The standard InChI is InChI=1S/C27H22Cl2N2O/c28-21-11-9-19(10-12-21)18-32-30-25-7-4-8-26-24(25)17-27(20-5-2-1-3-6-20)31(26)23-15-13-22(29)14-16-23/h1-3,5-6,9-17H,4,7-8,18H2. The molecule has 32 heavy (non-hydrogen) atoms. The van der Waals surface area contributed by atoms with E-state index in [0.717, 1.165) is 52.5 Å². The minimum atomic E-state index is 0.416. The Morgan fingerprint density at radius 2 is 1.50 bits per heavy atom. The molecule has 0 saturated carbocycles. The third kappa shape index (κ3) is 4.32. The second-order valence-corrected chi connectivity index (χ2v) is 8.73. The SMILES string of the molecule is Clc1ccc(CON=C2CCCc3c2cc(-c2ccccc2)n3-c2ccc(Cl)cc2)cc1. The minimum absolute atomic E-state index is 0.416. The highest BCUT2D eigenvalue weighted by atomic mass is 35.5. The maximum atomic E-state index is 6.16. The molecule has 0 amide bonds. The first-order valence-corrected chi connectivity index (χ1v) is 11.4. The average molecular weight is 461 g/mol. The molecule has 0 bridgehead atoms. The second-order valence-electron chi connectivity index (χ2n) is 7.86. The Balaban J connectivity index is 1.53. The fraction of sp³-hybridized carbons (Fsp3) is 0.148. The summed E-state index contributed by atoms with van der Waals surface area (Å²) in [5, 5.41) is 5.99. The quantitative estimate of drug-likeness (QED) is 0.280. The van der Waals surface area contributed by atoms with Gasteiger partial charge in [-0.3, -0.25) is 0 Å². The third-order valence-electron chi connectivity index (χ3n) is 5.71. The summed E-state index contributed by atoms with van der Waals surface area (Å²) in [6, 6.07) is 28.3. The van der Waals surface area contributed by atoms with E-state index in [2.05, 4.69) is 52.2 Å². The van der Waals surface area contributed by atoms with Gasteiger partial charge in [0.15, 0.2) is 0 Å². The van der Waals surface area contributed by atoms with Crippen molar-refractivity contribution in [3.05, 3.63) is 112 Å². The van der Waals surface area contributed by atoms with Crippen molar-refractivity contribution in [1.29, 1.82) is 0 Å². The molecular formula is C27H22Cl2N2O. The van der Waals surface area contributed by atoms with Crippen molar-refractivity contribution in [2.75, 3.05) is 0 Å². The van der Waals surface area contributed by atoms with Crippen LogP contribution in [0.15, 0.2) is 90.1 Å². The van der Waals surface area contributed by atoms with Gasteiger partial charge in [-0.1, -0.05) is 70.8 Å². The van der Waals surface area contributed by atoms with Gasteiger partial charge >= 0.3 is 0 Å². The van der Waals surface area contributed by atoms with E-state index in [1.54, 1.807) is 0 Å². The lowest BCUT2D eigenvalue weighted by Crippen LogP contribution is -2.14. The number of rotatable bonds is 5. The predicted molar refractivity (Wildman–Crippen MR) is 132 cm³/mol. The van der Waals surface area contributed by atoms with Crippen LogP contribution in [0.2, 0.25) is 10.0 Å². The van der Waals surface area contributed by atoms with Crippen LogP contribution >= 0.6 is 23.2 Å². The fourth-order valence-corrected chi connectivity index (χ4v) is 4.42. The van der Waals surface area contributed by atoms with Gasteiger partial charge in [-0.25, -0.2) is 0 Å². The lowest BCUT2D eigenvalue weighted by molar-refractivity contribution is 0.130. The van der Waals surface area contributed by atoms with Gasteiger partial charge in [0.2, 0.25) is 0 Å². The molecular weight excluding hydrogens is 439 g/mol. The van der Waals surface area contributed by atoms with Crippen LogP contribution in [-0.2, 0) is 17.9 Å². The van der Waals surface area contributed by atoms with Gasteiger partial charge < -0.3 is 9.40 Å². The maximum absolute atomic E-state index is 6.16. The number of aromatic nitrogens is 1. The van der Waals surface area contributed by atoms with Crippen molar-refractivity contribution in [3.63, 3.8) is 0 Å². The summed E-state index contributed by atoms with van der Waals surface area (Å²) in [4.78, 5) is 5.75. The normalized spacial score (nSPS) is 14.4. The van der Waals surface area contributed by atoms with Crippen molar-refractivity contribution < 1.29 is 4.84 Å². The Bertz CT molecular complexity index is 1240. The molecule has 3 aromatic carbocycles. The van der Waals surface area contributed by atoms with Crippen molar-refractivity contribution >= 4 is 28.9 Å². The van der Waals surface area contributed by atoms with Gasteiger partial charge in [0, 0.05) is 27.0 Å². The molecule has 1 aliphatic rings. The van der Waals surface area contributed by atoms with Crippen LogP contribution in [-0.4, -0.2) is 10.3 Å². The molecule has 5 rings (SSSR count). The Labute approximate surface area is 197 Å². The van der Waals surface area contributed by atoms with Crippen LogP contribution in [0.3, 0.4) is 0 Å². The van der Waals surface area contributed by atoms with Crippen molar-refractivity contribution in [3.8, 4) is 16.9 Å². The zero-order chi connectivity index (χ0) is 21.9. The lowest BCUT2D eigenvalue weighted by Gasteiger charge is -2.18. The third-order valence-corrected chi connectivity index (χ3v) is 6.22. The summed E-state index contributed by atoms with van der Waals surface area (Å²) in [5.74, 6) is 0. The summed E-state index contributed by atoms with van der Waals surface area (Å²) in [5.41, 5.74) is 7.84. The topological polar surface area (TPSA) is 26.5 Å². The van der Waals surface area contributed by atoms with E-state index in [1.165, 1.54) is 11.3 Å². The highest BCUT2D eigenvalue weighted by Crippen LogP contribution is 2.34. The van der Waals surface area contributed by atoms with Crippen molar-refractivity contribution in [2.24, 2.45) is 5.16 Å². The van der Waals surface area contributed by atoms with Crippen LogP contribution in [0.1, 0.15) is 29.7 Å². The predicted octanol–water partition coefficient (Wildman–Crippen LogP) is 7.71. The van der Waals surface area contributed by atoms with E-state index in [4.69, 9.17) is 28.0 Å². The highest BCUT2D eigenvalue weighted by Gasteiger charge is 2.24. The molecule has 0 fully saturated rings. The molecule has 4 aromatic rings. The number of nitrogens with zero attached hydrogens (tertiary/aromatic N) is 2. The maximum Gasteiger partial charge on any atom is 0.142 e. The van der Waals surface area contributed by atoms with Gasteiger partial charge in [0.1, 0.15) is 6.61 Å². The molecule has 1 aliphatic carbocycles. The molecule has 0 saturated heterocycles. The Morgan fingerprint density at radius 3 is 2.22 bits per heavy atom. The average Bonchev–Trinajstić information content (AvgIpc) is 3.22. The smallest absolute Gasteiger partial charge is 0.142 e. The van der Waals surface area contributed by atoms with Gasteiger partial charge in [-0.2, -0.15) is 0 Å². The Morgan fingerprint density at radius 1 is 0.812 bits per heavy atom. The summed E-state index contributed by atoms with van der Waals surface area (Å²) in [7, 11) is 0. The molecule has 0 N–H and O–H groups in total. The summed E-state index contributed by atoms with van der Waals surface area (Å²) in [6.07, 6.45) is 2.91. The van der Waals surface area contributed by atoms with Crippen LogP contribution in [0.4, 0.5) is 0 Å². The Kier molecular flexibility index (Phi) is 6.02. The number of hydrogen-bond donors (Lipinski definition) is 0. The summed E-state index contributed by atoms with van der Waals surface area (Å²) >= 11 is 12.1. The number of halogens is 2. The molecule has 0 atom stereocenters. The van der Waals surface area contributed by atoms with E-state index in [0.29, 0.717) is 11.6 Å². The van der Waals surface area contributed by atoms with Gasteiger partial charge in [0.25, 0.3) is 0 Å². The number of oxime groups is 1. The van der Waals surface area contributed by atoms with E-state index < -0.39 is 0 Å². The van der Waals surface area contributed by atoms with Gasteiger partial charge in [0.05, 0.1) is 11.4 Å². The van der Waals surface area contributed by atoms with E-state index >= 15 is 0 Å². The lowest BCUT2D eigenvalue weighted by atomic mass is 9.95. The first-order chi connectivity index (χ1) is 15.7. The van der Waals surface area contributed by atoms with E-state index in [9.17, 15) is 0 Å². The molecule has 1 aromatic heterocycles. The van der Waals surface area contributed by atoms with Gasteiger partial charge in [-0.15, -0.1) is 0 Å². The van der Waals surface area contributed by atoms with E-state index in [-0.39, 0.29) is 0 Å². The first kappa shape index (κ1) is 20.9. The van der Waals surface area contributed by atoms with Crippen LogP contribution in [0.25, 0.3) is 16.9 Å². The molecule has 0 aliphatic heterocycles.